The number of fused-ring (bicyclic) bond motifs is 1. The van der Waals surface area contributed by atoms with Crippen molar-refractivity contribution in [3.8, 4) is 11.3 Å². The van der Waals surface area contributed by atoms with Crippen LogP contribution in [0.15, 0.2) is 59.1 Å². The number of carbonyl (C=O) groups is 1. The topological polar surface area (TPSA) is 68.0 Å². The summed E-state index contributed by atoms with van der Waals surface area (Å²) in [4.78, 5) is 17.2. The van der Waals surface area contributed by atoms with Gasteiger partial charge in [-0.05, 0) is 19.1 Å². The summed E-state index contributed by atoms with van der Waals surface area (Å²) >= 11 is 1.58. The number of aryl methyl sites for hydroxylation is 1. The van der Waals surface area contributed by atoms with Gasteiger partial charge in [-0.15, -0.1) is 11.3 Å². The summed E-state index contributed by atoms with van der Waals surface area (Å²) in [5.74, 6) is 0.289. The number of benzene rings is 2. The molecule has 25 heavy (non-hydrogen) atoms. The molecule has 0 saturated carbocycles. The molecular formula is C19H15N3O2S. The van der Waals surface area contributed by atoms with Gasteiger partial charge in [-0.25, -0.2) is 4.98 Å². The van der Waals surface area contributed by atoms with Crippen LogP contribution in [-0.2, 0) is 6.54 Å². The first kappa shape index (κ1) is 15.5. The van der Waals surface area contributed by atoms with Crippen molar-refractivity contribution in [2.75, 3.05) is 0 Å². The number of rotatable bonds is 4. The summed E-state index contributed by atoms with van der Waals surface area (Å²) in [6.07, 6.45) is 0. The standard InChI is InChI=1S/C19H15N3O2S/c1-12-17(18(22-24-12)13-7-3-2-4-8-13)19(23)20-11-16-21-14-9-5-6-10-15(14)25-16/h2-10H,11H2,1H3,(H,20,23). The van der Waals surface area contributed by atoms with E-state index in [1.54, 1.807) is 18.3 Å². The fraction of sp³-hybridized carbons (Fsp3) is 0.105. The van der Waals surface area contributed by atoms with Crippen LogP contribution in [0.5, 0.6) is 0 Å². The maximum Gasteiger partial charge on any atom is 0.257 e. The number of hydrogen-bond donors (Lipinski definition) is 1. The highest BCUT2D eigenvalue weighted by molar-refractivity contribution is 7.18. The Morgan fingerprint density at radius 2 is 1.88 bits per heavy atom. The van der Waals surface area contributed by atoms with Gasteiger partial charge in [0.15, 0.2) is 0 Å². The molecule has 4 aromatic rings. The largest absolute Gasteiger partial charge is 0.360 e. The van der Waals surface area contributed by atoms with Crippen LogP contribution in [0.1, 0.15) is 21.1 Å². The fourth-order valence-corrected chi connectivity index (χ4v) is 3.58. The average molecular weight is 349 g/mol. The molecule has 0 spiro atoms. The molecule has 2 heterocycles. The number of nitrogens with zero attached hydrogens (tertiary/aromatic N) is 2. The molecule has 4 rings (SSSR count). The quantitative estimate of drug-likeness (QED) is 0.600. The van der Waals surface area contributed by atoms with Gasteiger partial charge in [0, 0.05) is 5.56 Å². The van der Waals surface area contributed by atoms with E-state index in [4.69, 9.17) is 4.52 Å². The lowest BCUT2D eigenvalue weighted by Gasteiger charge is -2.04. The van der Waals surface area contributed by atoms with Crippen LogP contribution >= 0.6 is 11.3 Å². The van der Waals surface area contributed by atoms with Gasteiger partial charge in [-0.3, -0.25) is 4.79 Å². The Labute approximate surface area is 148 Å². The van der Waals surface area contributed by atoms with Crippen molar-refractivity contribution in [3.05, 3.63) is 70.9 Å². The van der Waals surface area contributed by atoms with Crippen LogP contribution < -0.4 is 5.32 Å². The number of hydrogen-bond acceptors (Lipinski definition) is 5. The molecule has 0 aliphatic rings. The monoisotopic (exact) mass is 349 g/mol. The molecule has 0 bridgehead atoms. The summed E-state index contributed by atoms with van der Waals surface area (Å²) in [7, 11) is 0. The molecule has 0 aliphatic carbocycles. The van der Waals surface area contributed by atoms with E-state index in [0.29, 0.717) is 23.6 Å². The minimum Gasteiger partial charge on any atom is -0.360 e. The maximum atomic E-state index is 12.7. The van der Waals surface area contributed by atoms with E-state index in [0.717, 1.165) is 20.8 Å². The fourth-order valence-electron chi connectivity index (χ4n) is 2.67. The van der Waals surface area contributed by atoms with Crippen molar-refractivity contribution in [2.45, 2.75) is 13.5 Å². The molecule has 1 amide bonds. The Hall–Kier alpha value is -2.99. The van der Waals surface area contributed by atoms with E-state index in [1.165, 1.54) is 0 Å². The zero-order valence-corrected chi connectivity index (χ0v) is 14.3. The van der Waals surface area contributed by atoms with E-state index in [2.05, 4.69) is 15.5 Å². The highest BCUT2D eigenvalue weighted by atomic mass is 32.1. The smallest absolute Gasteiger partial charge is 0.257 e. The van der Waals surface area contributed by atoms with Gasteiger partial charge in [-0.1, -0.05) is 47.6 Å². The summed E-state index contributed by atoms with van der Waals surface area (Å²) in [5.41, 5.74) is 2.82. The molecule has 0 atom stereocenters. The van der Waals surface area contributed by atoms with Gasteiger partial charge in [0.2, 0.25) is 0 Å². The van der Waals surface area contributed by atoms with Gasteiger partial charge < -0.3 is 9.84 Å². The molecule has 0 fully saturated rings. The van der Waals surface area contributed by atoms with Crippen molar-refractivity contribution in [1.82, 2.24) is 15.5 Å². The molecule has 2 aromatic carbocycles. The van der Waals surface area contributed by atoms with Gasteiger partial charge in [-0.2, -0.15) is 0 Å². The van der Waals surface area contributed by atoms with E-state index in [-0.39, 0.29) is 5.91 Å². The lowest BCUT2D eigenvalue weighted by Crippen LogP contribution is -2.23. The second-order valence-electron chi connectivity index (χ2n) is 5.59. The molecule has 0 radical (unpaired) electrons. The zero-order chi connectivity index (χ0) is 17.2. The van der Waals surface area contributed by atoms with Gasteiger partial charge >= 0.3 is 0 Å². The number of amides is 1. The minimum atomic E-state index is -0.211. The molecule has 1 N–H and O–H groups in total. The lowest BCUT2D eigenvalue weighted by atomic mass is 10.1. The molecule has 124 valence electrons. The van der Waals surface area contributed by atoms with E-state index < -0.39 is 0 Å². The van der Waals surface area contributed by atoms with Crippen molar-refractivity contribution in [3.63, 3.8) is 0 Å². The molecule has 0 saturated heterocycles. The Kier molecular flexibility index (Phi) is 4.03. The lowest BCUT2D eigenvalue weighted by molar-refractivity contribution is 0.0950. The summed E-state index contributed by atoms with van der Waals surface area (Å²) < 4.78 is 6.36. The minimum absolute atomic E-state index is 0.211. The summed E-state index contributed by atoms with van der Waals surface area (Å²) in [5, 5.41) is 7.84. The Balaban J connectivity index is 1.56. The normalized spacial score (nSPS) is 10.9. The number of carbonyl (C=O) groups excluding carboxylic acids is 1. The first-order valence-electron chi connectivity index (χ1n) is 7.87. The van der Waals surface area contributed by atoms with E-state index >= 15 is 0 Å². The third-order valence-corrected chi connectivity index (χ3v) is 4.91. The molecule has 0 unspecified atom stereocenters. The van der Waals surface area contributed by atoms with Crippen LogP contribution in [0.3, 0.4) is 0 Å². The zero-order valence-electron chi connectivity index (χ0n) is 13.5. The predicted octanol–water partition coefficient (Wildman–Crippen LogP) is 4.19. The SMILES string of the molecule is Cc1onc(-c2ccccc2)c1C(=O)NCc1nc2ccccc2s1. The molecular weight excluding hydrogens is 334 g/mol. The molecule has 6 heteroatoms. The van der Waals surface area contributed by atoms with Crippen LogP contribution in [0.4, 0.5) is 0 Å². The third kappa shape index (κ3) is 3.04. The number of thiazole rings is 1. The Morgan fingerprint density at radius 1 is 1.12 bits per heavy atom. The predicted molar refractivity (Wildman–Crippen MR) is 97.5 cm³/mol. The number of nitrogens with one attached hydrogen (secondary N) is 1. The average Bonchev–Trinajstić information content (AvgIpc) is 3.23. The number of para-hydroxylation sites is 1. The number of aromatic nitrogens is 2. The van der Waals surface area contributed by atoms with Gasteiger partial charge in [0.1, 0.15) is 22.0 Å². The summed E-state index contributed by atoms with van der Waals surface area (Å²) in [6, 6.07) is 17.5. The van der Waals surface area contributed by atoms with Gasteiger partial charge in [0.25, 0.3) is 5.91 Å². The molecule has 2 aromatic heterocycles. The third-order valence-electron chi connectivity index (χ3n) is 3.88. The maximum absolute atomic E-state index is 12.7. The highest BCUT2D eigenvalue weighted by Crippen LogP contribution is 2.25. The molecule has 5 nitrogen and oxygen atoms in total. The second-order valence-corrected chi connectivity index (χ2v) is 6.70. The van der Waals surface area contributed by atoms with Crippen molar-refractivity contribution in [1.29, 1.82) is 0 Å². The van der Waals surface area contributed by atoms with E-state index in [9.17, 15) is 4.79 Å². The van der Waals surface area contributed by atoms with Crippen LogP contribution in [0.25, 0.3) is 21.5 Å². The first-order chi connectivity index (χ1) is 12.2. The van der Waals surface area contributed by atoms with Crippen LogP contribution in [0.2, 0.25) is 0 Å². The van der Waals surface area contributed by atoms with E-state index in [1.807, 2.05) is 54.6 Å². The molecule has 0 aliphatic heterocycles. The van der Waals surface area contributed by atoms with Crippen molar-refractivity contribution < 1.29 is 9.32 Å². The Bertz CT molecular complexity index is 1000. The Morgan fingerprint density at radius 3 is 2.68 bits per heavy atom. The summed E-state index contributed by atoms with van der Waals surface area (Å²) in [6.45, 7) is 2.11. The first-order valence-corrected chi connectivity index (χ1v) is 8.68. The van der Waals surface area contributed by atoms with Crippen molar-refractivity contribution in [2.24, 2.45) is 0 Å². The van der Waals surface area contributed by atoms with Crippen LogP contribution in [0, 0.1) is 6.92 Å². The van der Waals surface area contributed by atoms with Crippen molar-refractivity contribution >= 4 is 27.5 Å². The van der Waals surface area contributed by atoms with Crippen LogP contribution in [-0.4, -0.2) is 16.0 Å². The highest BCUT2D eigenvalue weighted by Gasteiger charge is 2.21. The van der Waals surface area contributed by atoms with Gasteiger partial charge in [0.05, 0.1) is 16.8 Å². The second kappa shape index (κ2) is 6.49.